The molecule has 0 saturated heterocycles. The number of nitrogens with zero attached hydrogens (tertiary/aromatic N) is 1. The number of halogens is 1. The quantitative estimate of drug-likeness (QED) is 0.482. The van der Waals surface area contributed by atoms with Crippen LogP contribution in [-0.4, -0.2) is 24.2 Å². The maximum atomic E-state index is 6.09. The lowest BCUT2D eigenvalue weighted by Gasteiger charge is -2.08. The van der Waals surface area contributed by atoms with Gasteiger partial charge in [-0.2, -0.15) is 0 Å². The average molecular weight is 365 g/mol. The van der Waals surface area contributed by atoms with Gasteiger partial charge in [0.15, 0.2) is 0 Å². The third-order valence-corrected chi connectivity index (χ3v) is 4.61. The predicted octanol–water partition coefficient (Wildman–Crippen LogP) is 5.57. The highest BCUT2D eigenvalue weighted by Crippen LogP contribution is 2.39. The molecule has 26 heavy (non-hydrogen) atoms. The van der Waals surface area contributed by atoms with Crippen molar-refractivity contribution < 1.29 is 9.47 Å². The molecule has 2 aromatic heterocycles. The number of hydrogen-bond acceptors (Lipinski definition) is 3. The van der Waals surface area contributed by atoms with Gasteiger partial charge in [0.05, 0.1) is 25.4 Å². The van der Waals surface area contributed by atoms with Gasteiger partial charge in [-0.3, -0.25) is 0 Å². The van der Waals surface area contributed by atoms with Crippen molar-refractivity contribution in [3.05, 3.63) is 65.9 Å². The fraction of sp³-hybridized carbons (Fsp3) is 0.0952. The number of ether oxygens (including phenoxy) is 2. The summed E-state index contributed by atoms with van der Waals surface area (Å²) in [7, 11) is 3.32. The number of aromatic amines is 1. The number of hydrogen-bond donors (Lipinski definition) is 1. The molecule has 0 radical (unpaired) electrons. The Morgan fingerprint density at radius 2 is 1.42 bits per heavy atom. The number of rotatable bonds is 4. The zero-order chi connectivity index (χ0) is 18.1. The van der Waals surface area contributed by atoms with Gasteiger partial charge in [0.1, 0.15) is 16.7 Å². The molecule has 0 amide bonds. The van der Waals surface area contributed by atoms with E-state index in [0.717, 1.165) is 44.8 Å². The highest BCUT2D eigenvalue weighted by Gasteiger charge is 2.16. The highest BCUT2D eigenvalue weighted by molar-refractivity contribution is 6.30. The van der Waals surface area contributed by atoms with Crippen LogP contribution in [0.5, 0.6) is 11.5 Å². The van der Waals surface area contributed by atoms with Crippen LogP contribution in [0.4, 0.5) is 0 Å². The van der Waals surface area contributed by atoms with Crippen molar-refractivity contribution in [2.24, 2.45) is 0 Å². The molecule has 2 heterocycles. The van der Waals surface area contributed by atoms with Gasteiger partial charge in [-0.25, -0.2) is 4.98 Å². The molecule has 1 N–H and O–H groups in total. The van der Waals surface area contributed by atoms with Crippen molar-refractivity contribution in [3.63, 3.8) is 0 Å². The van der Waals surface area contributed by atoms with E-state index in [-0.39, 0.29) is 0 Å². The van der Waals surface area contributed by atoms with E-state index in [0.29, 0.717) is 5.15 Å². The molecule has 4 rings (SSSR count). The third-order valence-electron chi connectivity index (χ3n) is 4.41. The fourth-order valence-electron chi connectivity index (χ4n) is 3.10. The first-order valence-electron chi connectivity index (χ1n) is 8.15. The van der Waals surface area contributed by atoms with Gasteiger partial charge < -0.3 is 14.5 Å². The van der Waals surface area contributed by atoms with E-state index in [2.05, 4.69) is 9.97 Å². The summed E-state index contributed by atoms with van der Waals surface area (Å²) in [4.78, 5) is 7.75. The Morgan fingerprint density at radius 3 is 2.00 bits per heavy atom. The lowest BCUT2D eigenvalue weighted by Crippen LogP contribution is -1.86. The Labute approximate surface area is 156 Å². The SMILES string of the molecule is COc1ccc(-c2[nH]c3cc(Cl)ncc3c2-c2ccc(OC)cc2)cc1. The minimum absolute atomic E-state index is 0.460. The van der Waals surface area contributed by atoms with E-state index < -0.39 is 0 Å². The zero-order valence-corrected chi connectivity index (χ0v) is 15.2. The van der Waals surface area contributed by atoms with Gasteiger partial charge in [0, 0.05) is 17.1 Å². The summed E-state index contributed by atoms with van der Waals surface area (Å²) in [6.45, 7) is 0. The van der Waals surface area contributed by atoms with Crippen molar-refractivity contribution in [1.29, 1.82) is 0 Å². The number of pyridine rings is 1. The second-order valence-corrected chi connectivity index (χ2v) is 6.27. The van der Waals surface area contributed by atoms with Gasteiger partial charge in [-0.05, 0) is 53.6 Å². The minimum atomic E-state index is 0.460. The standard InChI is InChI=1S/C21H17ClN2O2/c1-25-15-7-3-13(4-8-15)20-17-12-23-19(22)11-18(17)24-21(20)14-5-9-16(26-2)10-6-14/h3-12,24H,1-2H3. The maximum Gasteiger partial charge on any atom is 0.131 e. The zero-order valence-electron chi connectivity index (χ0n) is 14.4. The van der Waals surface area contributed by atoms with E-state index in [1.54, 1.807) is 20.4 Å². The summed E-state index contributed by atoms with van der Waals surface area (Å²) in [5.74, 6) is 1.64. The summed E-state index contributed by atoms with van der Waals surface area (Å²) < 4.78 is 10.5. The van der Waals surface area contributed by atoms with Crippen molar-refractivity contribution in [3.8, 4) is 33.9 Å². The van der Waals surface area contributed by atoms with Crippen molar-refractivity contribution in [2.45, 2.75) is 0 Å². The predicted molar refractivity (Wildman–Crippen MR) is 105 cm³/mol. The summed E-state index contributed by atoms with van der Waals surface area (Å²) in [5, 5.41) is 1.48. The lowest BCUT2D eigenvalue weighted by atomic mass is 9.99. The smallest absolute Gasteiger partial charge is 0.131 e. The second-order valence-electron chi connectivity index (χ2n) is 5.88. The minimum Gasteiger partial charge on any atom is -0.497 e. The first-order chi connectivity index (χ1) is 12.7. The second kappa shape index (κ2) is 6.73. The van der Waals surface area contributed by atoms with E-state index in [9.17, 15) is 0 Å². The molecule has 0 bridgehead atoms. The molecule has 0 saturated carbocycles. The summed E-state index contributed by atoms with van der Waals surface area (Å²) in [6, 6.07) is 17.8. The highest BCUT2D eigenvalue weighted by atomic mass is 35.5. The normalized spacial score (nSPS) is 10.9. The number of aromatic nitrogens is 2. The Morgan fingerprint density at radius 1 is 0.846 bits per heavy atom. The topological polar surface area (TPSA) is 47.1 Å². The number of methoxy groups -OCH3 is 2. The van der Waals surface area contributed by atoms with Gasteiger partial charge in [0.2, 0.25) is 0 Å². The van der Waals surface area contributed by atoms with E-state index >= 15 is 0 Å². The Kier molecular flexibility index (Phi) is 4.27. The molecule has 0 spiro atoms. The van der Waals surface area contributed by atoms with Crippen LogP contribution in [0.15, 0.2) is 60.8 Å². The molecule has 4 nitrogen and oxygen atoms in total. The van der Waals surface area contributed by atoms with Crippen molar-refractivity contribution in [1.82, 2.24) is 9.97 Å². The third kappa shape index (κ3) is 2.89. The average Bonchev–Trinajstić information content (AvgIpc) is 3.06. The molecule has 130 valence electrons. The number of H-pyrrole nitrogens is 1. The van der Waals surface area contributed by atoms with Gasteiger partial charge in [0.25, 0.3) is 0 Å². The van der Waals surface area contributed by atoms with Crippen LogP contribution < -0.4 is 9.47 Å². The van der Waals surface area contributed by atoms with Crippen LogP contribution >= 0.6 is 11.6 Å². The van der Waals surface area contributed by atoms with Crippen molar-refractivity contribution in [2.75, 3.05) is 14.2 Å². The lowest BCUT2D eigenvalue weighted by molar-refractivity contribution is 0.414. The monoisotopic (exact) mass is 364 g/mol. The first kappa shape index (κ1) is 16.5. The molecule has 0 fully saturated rings. The van der Waals surface area contributed by atoms with E-state index in [1.165, 1.54) is 0 Å². The van der Waals surface area contributed by atoms with Crippen LogP contribution in [0.3, 0.4) is 0 Å². The van der Waals surface area contributed by atoms with Gasteiger partial charge in [-0.15, -0.1) is 0 Å². The molecule has 0 aliphatic heterocycles. The molecule has 5 heteroatoms. The maximum absolute atomic E-state index is 6.09. The molecular weight excluding hydrogens is 348 g/mol. The molecule has 0 aliphatic carbocycles. The molecular formula is C21H17ClN2O2. The Hall–Kier alpha value is -2.98. The van der Waals surface area contributed by atoms with Crippen LogP contribution in [0.1, 0.15) is 0 Å². The number of nitrogens with one attached hydrogen (secondary N) is 1. The van der Waals surface area contributed by atoms with Crippen LogP contribution in [-0.2, 0) is 0 Å². The van der Waals surface area contributed by atoms with Crippen LogP contribution in [0, 0.1) is 0 Å². The molecule has 0 unspecified atom stereocenters. The Balaban J connectivity index is 1.95. The van der Waals surface area contributed by atoms with Crippen molar-refractivity contribution >= 4 is 22.5 Å². The van der Waals surface area contributed by atoms with E-state index in [1.807, 2.05) is 54.6 Å². The molecule has 0 atom stereocenters. The van der Waals surface area contributed by atoms with Gasteiger partial charge in [-0.1, -0.05) is 23.7 Å². The Bertz CT molecular complexity index is 1050. The van der Waals surface area contributed by atoms with Crippen LogP contribution in [0.2, 0.25) is 5.15 Å². The van der Waals surface area contributed by atoms with Crippen LogP contribution in [0.25, 0.3) is 33.3 Å². The molecule has 0 aliphatic rings. The van der Waals surface area contributed by atoms with E-state index in [4.69, 9.17) is 21.1 Å². The summed E-state index contributed by atoms with van der Waals surface area (Å²) >= 11 is 6.09. The first-order valence-corrected chi connectivity index (χ1v) is 8.53. The number of fused-ring (bicyclic) bond motifs is 1. The fourth-order valence-corrected chi connectivity index (χ4v) is 3.25. The van der Waals surface area contributed by atoms with Gasteiger partial charge >= 0.3 is 0 Å². The largest absolute Gasteiger partial charge is 0.497 e. The number of benzene rings is 2. The summed E-state index contributed by atoms with van der Waals surface area (Å²) in [6.07, 6.45) is 1.81. The molecule has 2 aromatic carbocycles. The molecule has 4 aromatic rings. The summed E-state index contributed by atoms with van der Waals surface area (Å²) in [5.41, 5.74) is 5.17.